The molecule has 0 radical (unpaired) electrons. The average Bonchev–Trinajstić information content (AvgIpc) is 2.95. The fraction of sp³-hybridized carbons (Fsp3) is 0.250. The van der Waals surface area contributed by atoms with Gasteiger partial charge in [-0.2, -0.15) is 9.94 Å². The molecule has 0 saturated carbocycles. The first-order chi connectivity index (χ1) is 11.9. The van der Waals surface area contributed by atoms with E-state index in [1.54, 1.807) is 36.4 Å². The minimum Gasteiger partial charge on any atom is -0.456 e. The van der Waals surface area contributed by atoms with Crippen molar-refractivity contribution in [3.05, 3.63) is 40.9 Å². The third-order valence-corrected chi connectivity index (χ3v) is 3.17. The van der Waals surface area contributed by atoms with Crippen molar-refractivity contribution in [1.82, 2.24) is 9.78 Å². The fourth-order valence-corrected chi connectivity index (χ4v) is 1.92. The van der Waals surface area contributed by atoms with E-state index in [0.29, 0.717) is 5.56 Å². The Balaban J connectivity index is 1.99. The lowest BCUT2D eigenvalue weighted by molar-refractivity contribution is -0.149. The van der Waals surface area contributed by atoms with E-state index in [4.69, 9.17) is 19.8 Å². The second-order valence-electron chi connectivity index (χ2n) is 5.07. The fourth-order valence-electron chi connectivity index (χ4n) is 1.92. The van der Waals surface area contributed by atoms with Crippen molar-refractivity contribution < 1.29 is 18.7 Å². The first-order valence-electron chi connectivity index (χ1n) is 7.18. The van der Waals surface area contributed by atoms with Crippen LogP contribution in [-0.4, -0.2) is 33.9 Å². The minimum atomic E-state index is -1.26. The summed E-state index contributed by atoms with van der Waals surface area (Å²) in [5.74, 6) is -3.64. The van der Waals surface area contributed by atoms with Gasteiger partial charge in [-0.15, -0.1) is 5.10 Å². The van der Waals surface area contributed by atoms with Gasteiger partial charge in [0, 0.05) is 11.3 Å². The molecule has 0 bridgehead atoms. The number of hydrogen-bond donors (Lipinski definition) is 1. The van der Waals surface area contributed by atoms with Crippen molar-refractivity contribution in [3.8, 4) is 17.5 Å². The number of carbonyl (C=O) groups is 2. The molecule has 1 aromatic carbocycles. The summed E-state index contributed by atoms with van der Waals surface area (Å²) in [6.45, 7) is 0.113. The predicted octanol–water partition coefficient (Wildman–Crippen LogP) is 0.795. The zero-order valence-corrected chi connectivity index (χ0v) is 13.3. The quantitative estimate of drug-likeness (QED) is 0.579. The third-order valence-electron chi connectivity index (χ3n) is 3.17. The van der Waals surface area contributed by atoms with Crippen LogP contribution in [0.2, 0.25) is 0 Å². The van der Waals surface area contributed by atoms with Gasteiger partial charge in [-0.25, -0.2) is 4.79 Å². The highest BCUT2D eigenvalue weighted by molar-refractivity contribution is 6.05. The molecule has 1 heterocycles. The lowest BCUT2D eigenvalue weighted by Crippen LogP contribution is -2.28. The number of benzene rings is 1. The molecule has 1 N–H and O–H groups in total. The highest BCUT2D eigenvalue weighted by Gasteiger charge is 2.22. The zero-order chi connectivity index (χ0) is 18.4. The molecule has 9 heteroatoms. The van der Waals surface area contributed by atoms with Crippen molar-refractivity contribution in [2.75, 3.05) is 6.61 Å². The summed E-state index contributed by atoms with van der Waals surface area (Å²) in [5.41, 5.74) is 0.434. The molecule has 128 valence electrons. The van der Waals surface area contributed by atoms with Crippen LogP contribution in [0.25, 0.3) is 11.5 Å². The number of Topliss-reactive ketones (excluding diaryl/α,β-unsaturated/α-hetero) is 1. The lowest BCUT2D eigenvalue weighted by Gasteiger charge is -2.07. The summed E-state index contributed by atoms with van der Waals surface area (Å²) >= 11 is 0. The van der Waals surface area contributed by atoms with Gasteiger partial charge < -0.3 is 14.6 Å². The van der Waals surface area contributed by atoms with Gasteiger partial charge >= 0.3 is 11.7 Å². The molecule has 1 aromatic heterocycles. The number of nitriles is 1. The van der Waals surface area contributed by atoms with Crippen LogP contribution in [-0.2, 0) is 20.9 Å². The first-order valence-corrected chi connectivity index (χ1v) is 7.18. The van der Waals surface area contributed by atoms with E-state index in [2.05, 4.69) is 5.10 Å². The number of ether oxygens (including phenoxy) is 1. The molecule has 1 atom stereocenters. The van der Waals surface area contributed by atoms with Gasteiger partial charge in [-0.1, -0.05) is 18.2 Å². The molecule has 0 saturated heterocycles. The average molecular weight is 342 g/mol. The maximum Gasteiger partial charge on any atom is 0.437 e. The second-order valence-corrected chi connectivity index (χ2v) is 5.07. The Hall–Kier alpha value is -3.54. The monoisotopic (exact) mass is 342 g/mol. The van der Waals surface area contributed by atoms with E-state index in [0.717, 1.165) is 4.68 Å². The maximum atomic E-state index is 11.7. The SMILES string of the molecule is CC(=N)C(C#N)C(=O)COC(=O)Cn1nc(-c2ccccc2)oc1=O. The second kappa shape index (κ2) is 7.83. The molecular weight excluding hydrogens is 328 g/mol. The topological polar surface area (TPSA) is 139 Å². The highest BCUT2D eigenvalue weighted by Crippen LogP contribution is 2.13. The van der Waals surface area contributed by atoms with Gasteiger partial charge in [0.25, 0.3) is 0 Å². The molecule has 0 aliphatic rings. The zero-order valence-electron chi connectivity index (χ0n) is 13.3. The van der Waals surface area contributed by atoms with E-state index < -0.39 is 36.6 Å². The largest absolute Gasteiger partial charge is 0.456 e. The van der Waals surface area contributed by atoms with Crippen molar-refractivity contribution in [1.29, 1.82) is 10.7 Å². The normalized spacial score (nSPS) is 11.4. The van der Waals surface area contributed by atoms with Crippen LogP contribution < -0.4 is 5.76 Å². The lowest BCUT2D eigenvalue weighted by atomic mass is 10.0. The van der Waals surface area contributed by atoms with Crippen molar-refractivity contribution >= 4 is 17.5 Å². The number of nitrogens with one attached hydrogen (secondary N) is 1. The summed E-state index contributed by atoms with van der Waals surface area (Å²) in [5, 5.41) is 20.0. The summed E-state index contributed by atoms with van der Waals surface area (Å²) < 4.78 is 10.5. The van der Waals surface area contributed by atoms with Gasteiger partial charge in [-0.05, 0) is 19.1 Å². The van der Waals surface area contributed by atoms with Crippen molar-refractivity contribution in [2.45, 2.75) is 13.5 Å². The van der Waals surface area contributed by atoms with Crippen molar-refractivity contribution in [2.24, 2.45) is 5.92 Å². The first kappa shape index (κ1) is 17.8. The highest BCUT2D eigenvalue weighted by atomic mass is 16.5. The summed E-state index contributed by atoms with van der Waals surface area (Å²) in [6.07, 6.45) is 0. The number of aromatic nitrogens is 2. The number of carbonyl (C=O) groups excluding carboxylic acids is 2. The molecular formula is C16H14N4O5. The molecule has 0 aliphatic heterocycles. The molecule has 1 unspecified atom stereocenters. The Morgan fingerprint density at radius 2 is 2.08 bits per heavy atom. The van der Waals surface area contributed by atoms with Gasteiger partial charge in [-0.3, -0.25) is 9.59 Å². The number of ketones is 1. The number of hydrogen-bond acceptors (Lipinski definition) is 8. The maximum absolute atomic E-state index is 11.7. The van der Waals surface area contributed by atoms with E-state index in [1.807, 2.05) is 0 Å². The molecule has 2 rings (SSSR count). The molecule has 2 aromatic rings. The van der Waals surface area contributed by atoms with E-state index >= 15 is 0 Å². The van der Waals surface area contributed by atoms with Gasteiger partial charge in [0.15, 0.2) is 12.4 Å². The predicted molar refractivity (Wildman–Crippen MR) is 84.7 cm³/mol. The van der Waals surface area contributed by atoms with E-state index in [-0.39, 0.29) is 11.6 Å². The van der Waals surface area contributed by atoms with Crippen LogP contribution >= 0.6 is 0 Å². The Kier molecular flexibility index (Phi) is 5.58. The van der Waals surface area contributed by atoms with Crippen LogP contribution in [0, 0.1) is 22.7 Å². The van der Waals surface area contributed by atoms with Crippen LogP contribution in [0.5, 0.6) is 0 Å². The Labute approximate surface area is 141 Å². The molecule has 25 heavy (non-hydrogen) atoms. The standard InChI is InChI=1S/C16H14N4O5/c1-10(18)12(7-17)13(21)9-24-14(22)8-20-16(23)25-15(19-20)11-5-3-2-4-6-11/h2-6,12,18H,8-9H2,1H3. The van der Waals surface area contributed by atoms with Crippen LogP contribution in [0.4, 0.5) is 0 Å². The summed E-state index contributed by atoms with van der Waals surface area (Å²) in [4.78, 5) is 35.1. The molecule has 9 nitrogen and oxygen atoms in total. The van der Waals surface area contributed by atoms with Gasteiger partial charge in [0.2, 0.25) is 5.89 Å². The molecule has 0 spiro atoms. The van der Waals surface area contributed by atoms with Crippen LogP contribution in [0.1, 0.15) is 6.92 Å². The number of rotatable bonds is 7. The van der Waals surface area contributed by atoms with Crippen LogP contribution in [0.3, 0.4) is 0 Å². The Morgan fingerprint density at radius 1 is 1.40 bits per heavy atom. The number of nitrogens with zero attached hydrogens (tertiary/aromatic N) is 3. The van der Waals surface area contributed by atoms with Crippen LogP contribution in [0.15, 0.2) is 39.5 Å². The Bertz CT molecular complexity index is 891. The molecule has 0 aliphatic carbocycles. The number of esters is 1. The summed E-state index contributed by atoms with van der Waals surface area (Å²) in [7, 11) is 0. The Morgan fingerprint density at radius 3 is 2.68 bits per heavy atom. The van der Waals surface area contributed by atoms with Gasteiger partial charge in [0.05, 0.1) is 6.07 Å². The summed E-state index contributed by atoms with van der Waals surface area (Å²) in [6, 6.07) is 10.3. The van der Waals surface area contributed by atoms with Gasteiger partial charge in [0.1, 0.15) is 12.5 Å². The minimum absolute atomic E-state index is 0.0541. The third kappa shape index (κ3) is 4.48. The molecule has 0 amide bonds. The molecule has 0 fully saturated rings. The van der Waals surface area contributed by atoms with E-state index in [1.165, 1.54) is 6.92 Å². The van der Waals surface area contributed by atoms with Crippen molar-refractivity contribution in [3.63, 3.8) is 0 Å². The smallest absolute Gasteiger partial charge is 0.437 e. The van der Waals surface area contributed by atoms with E-state index in [9.17, 15) is 14.4 Å².